The minimum Gasteiger partial charge on any atom is -0.462 e. The summed E-state index contributed by atoms with van der Waals surface area (Å²) in [5.74, 6) is -0.903. The minimum absolute atomic E-state index is 0.0833. The van der Waals surface area contributed by atoms with Gasteiger partial charge in [0.1, 0.15) is 13.2 Å². The average Bonchev–Trinajstić information content (AvgIpc) is 3.38. The van der Waals surface area contributed by atoms with Gasteiger partial charge in [-0.2, -0.15) is 0 Å². The van der Waals surface area contributed by atoms with Gasteiger partial charge in [0.05, 0.1) is 0 Å². The van der Waals surface area contributed by atoms with Crippen molar-refractivity contribution < 1.29 is 28.6 Å². The summed E-state index contributed by atoms with van der Waals surface area (Å²) in [6.07, 6.45) is 81.1. The van der Waals surface area contributed by atoms with Crippen LogP contribution in [0.25, 0.3) is 0 Å². The molecule has 72 heavy (non-hydrogen) atoms. The molecular weight excluding hydrogens is 889 g/mol. The van der Waals surface area contributed by atoms with Crippen LogP contribution in [0.1, 0.15) is 271 Å². The van der Waals surface area contributed by atoms with Crippen LogP contribution in [0.2, 0.25) is 0 Å². The molecule has 0 amide bonds. The maximum absolute atomic E-state index is 12.8. The lowest BCUT2D eigenvalue weighted by atomic mass is 10.0. The number of rotatable bonds is 53. The first-order valence-electron chi connectivity index (χ1n) is 29.9. The fraction of sp³-hybridized carbons (Fsp3) is 0.682. The Morgan fingerprint density at radius 3 is 0.847 bits per heavy atom. The van der Waals surface area contributed by atoms with Crippen LogP contribution < -0.4 is 0 Å². The molecule has 1 unspecified atom stereocenters. The van der Waals surface area contributed by atoms with E-state index in [1.807, 2.05) is 0 Å². The molecule has 0 radical (unpaired) electrons. The van der Waals surface area contributed by atoms with E-state index in [4.69, 9.17) is 14.2 Å². The van der Waals surface area contributed by atoms with Gasteiger partial charge in [-0.3, -0.25) is 14.4 Å². The predicted molar refractivity (Wildman–Crippen MR) is 311 cm³/mol. The van der Waals surface area contributed by atoms with Gasteiger partial charge in [-0.1, -0.05) is 259 Å². The topological polar surface area (TPSA) is 78.9 Å². The summed E-state index contributed by atoms with van der Waals surface area (Å²) in [6, 6.07) is 0. The van der Waals surface area contributed by atoms with Crippen molar-refractivity contribution in [3.05, 3.63) is 109 Å². The summed E-state index contributed by atoms with van der Waals surface area (Å²) in [7, 11) is 0. The summed E-state index contributed by atoms with van der Waals surface area (Å²) >= 11 is 0. The van der Waals surface area contributed by atoms with Crippen molar-refractivity contribution in [2.45, 2.75) is 277 Å². The van der Waals surface area contributed by atoms with E-state index in [9.17, 15) is 14.4 Å². The average molecular weight is 1000 g/mol. The van der Waals surface area contributed by atoms with Gasteiger partial charge in [-0.15, -0.1) is 0 Å². The third-order valence-electron chi connectivity index (χ3n) is 12.5. The van der Waals surface area contributed by atoms with Crippen LogP contribution in [0, 0.1) is 0 Å². The zero-order valence-corrected chi connectivity index (χ0v) is 46.9. The molecule has 1 atom stereocenters. The molecule has 0 saturated heterocycles. The van der Waals surface area contributed by atoms with E-state index in [1.165, 1.54) is 109 Å². The highest BCUT2D eigenvalue weighted by atomic mass is 16.6. The number of unbranched alkanes of at least 4 members (excludes halogenated alkanes) is 24. The second-order valence-electron chi connectivity index (χ2n) is 19.5. The maximum Gasteiger partial charge on any atom is 0.306 e. The zero-order valence-electron chi connectivity index (χ0n) is 46.9. The zero-order chi connectivity index (χ0) is 52.2. The lowest BCUT2D eigenvalue weighted by Crippen LogP contribution is -2.30. The van der Waals surface area contributed by atoms with Gasteiger partial charge in [-0.05, 0) is 103 Å². The number of carbonyl (C=O) groups is 3. The molecule has 0 heterocycles. The Labute approximate surface area is 444 Å². The Hall–Kier alpha value is -3.93. The fourth-order valence-corrected chi connectivity index (χ4v) is 8.11. The Morgan fingerprint density at radius 1 is 0.292 bits per heavy atom. The van der Waals surface area contributed by atoms with Crippen LogP contribution in [-0.4, -0.2) is 37.2 Å². The molecule has 0 aliphatic rings. The Bertz CT molecular complexity index is 1470. The molecule has 0 N–H and O–H groups in total. The lowest BCUT2D eigenvalue weighted by molar-refractivity contribution is -0.167. The van der Waals surface area contributed by atoms with E-state index in [-0.39, 0.29) is 31.1 Å². The van der Waals surface area contributed by atoms with Gasteiger partial charge in [0.2, 0.25) is 0 Å². The molecule has 410 valence electrons. The van der Waals surface area contributed by atoms with Crippen molar-refractivity contribution in [3.8, 4) is 0 Å². The van der Waals surface area contributed by atoms with Gasteiger partial charge in [-0.25, -0.2) is 0 Å². The SMILES string of the molecule is CC/C=C\C/C=C\C/C=C\C/C=C\C/C=C\CCCCCCCCCC(=O)OC(COC(=O)CCCCCCCC)COC(=O)CCCCCCCCCCCCCC/C=C\C/C=C\C/C=C\C/C=C\CC. The summed E-state index contributed by atoms with van der Waals surface area (Å²) in [5, 5.41) is 0. The highest BCUT2D eigenvalue weighted by Gasteiger charge is 2.19. The molecule has 0 bridgehead atoms. The summed E-state index contributed by atoms with van der Waals surface area (Å²) in [4.78, 5) is 38.0. The van der Waals surface area contributed by atoms with Crippen LogP contribution in [0.5, 0.6) is 0 Å². The standard InChI is InChI=1S/C66H110O6/c1-4-7-10-13-16-18-20-22-24-26-28-30-32-33-35-36-38-40-42-44-46-48-50-53-56-59-65(68)71-62-63(61-70-64(67)58-55-52-15-12-9-6-3)72-66(69)60-57-54-51-49-47-45-43-41-39-37-34-31-29-27-25-23-21-19-17-14-11-8-5-2/h7-8,10-11,16-19,22-25,28-31,37,39,63H,4-6,9,12-15,20-21,26-27,32-36,38,40-62H2,1-3H3/b10-7-,11-8-,18-16-,19-17-,24-22-,25-23-,30-28-,31-29-,39-37-. The quantitative estimate of drug-likeness (QED) is 0.0261. The van der Waals surface area contributed by atoms with Crippen molar-refractivity contribution in [2.75, 3.05) is 13.2 Å². The molecule has 0 aliphatic carbocycles. The molecule has 0 saturated carbocycles. The molecule has 6 nitrogen and oxygen atoms in total. The molecule has 0 aromatic heterocycles. The first kappa shape index (κ1) is 68.1. The van der Waals surface area contributed by atoms with Crippen molar-refractivity contribution in [1.29, 1.82) is 0 Å². The Kier molecular flexibility index (Phi) is 56.4. The smallest absolute Gasteiger partial charge is 0.306 e. The van der Waals surface area contributed by atoms with Crippen LogP contribution in [0.4, 0.5) is 0 Å². The molecule has 0 aromatic rings. The first-order chi connectivity index (χ1) is 35.5. The third kappa shape index (κ3) is 57.0. The van der Waals surface area contributed by atoms with Gasteiger partial charge in [0.15, 0.2) is 6.10 Å². The second kappa shape index (κ2) is 59.6. The first-order valence-corrected chi connectivity index (χ1v) is 29.9. The number of esters is 3. The molecule has 0 aromatic carbocycles. The highest BCUT2D eigenvalue weighted by Crippen LogP contribution is 2.15. The number of carbonyl (C=O) groups excluding carboxylic acids is 3. The normalized spacial score (nSPS) is 12.9. The van der Waals surface area contributed by atoms with Crippen molar-refractivity contribution in [2.24, 2.45) is 0 Å². The van der Waals surface area contributed by atoms with Crippen LogP contribution in [0.15, 0.2) is 109 Å². The third-order valence-corrected chi connectivity index (χ3v) is 12.5. The number of ether oxygens (including phenoxy) is 3. The number of hydrogen-bond donors (Lipinski definition) is 0. The maximum atomic E-state index is 12.8. The van der Waals surface area contributed by atoms with Gasteiger partial charge >= 0.3 is 17.9 Å². The van der Waals surface area contributed by atoms with Gasteiger partial charge in [0, 0.05) is 19.3 Å². The van der Waals surface area contributed by atoms with E-state index < -0.39 is 6.10 Å². The fourth-order valence-electron chi connectivity index (χ4n) is 8.11. The van der Waals surface area contributed by atoms with Crippen molar-refractivity contribution in [3.63, 3.8) is 0 Å². The molecule has 0 rings (SSSR count). The Morgan fingerprint density at radius 2 is 0.542 bits per heavy atom. The summed E-state index contributed by atoms with van der Waals surface area (Å²) in [5.41, 5.74) is 0. The van der Waals surface area contributed by atoms with E-state index in [2.05, 4.69) is 130 Å². The Balaban J connectivity index is 4.16. The number of allylic oxidation sites excluding steroid dienone is 18. The van der Waals surface area contributed by atoms with Crippen LogP contribution in [0.3, 0.4) is 0 Å². The highest BCUT2D eigenvalue weighted by molar-refractivity contribution is 5.71. The van der Waals surface area contributed by atoms with E-state index >= 15 is 0 Å². The second-order valence-corrected chi connectivity index (χ2v) is 19.5. The van der Waals surface area contributed by atoms with Crippen LogP contribution in [-0.2, 0) is 28.6 Å². The molecule has 0 fully saturated rings. The van der Waals surface area contributed by atoms with Crippen LogP contribution >= 0.6 is 0 Å². The largest absolute Gasteiger partial charge is 0.462 e. The van der Waals surface area contributed by atoms with Crippen molar-refractivity contribution >= 4 is 17.9 Å². The molecular formula is C66H110O6. The number of hydrogen-bond acceptors (Lipinski definition) is 6. The summed E-state index contributed by atoms with van der Waals surface area (Å²) < 4.78 is 16.8. The molecule has 0 aliphatic heterocycles. The van der Waals surface area contributed by atoms with E-state index in [0.29, 0.717) is 19.3 Å². The lowest BCUT2D eigenvalue weighted by Gasteiger charge is -2.18. The molecule has 6 heteroatoms. The summed E-state index contributed by atoms with van der Waals surface area (Å²) in [6.45, 7) is 6.35. The predicted octanol–water partition coefficient (Wildman–Crippen LogP) is 20.3. The van der Waals surface area contributed by atoms with Crippen molar-refractivity contribution in [1.82, 2.24) is 0 Å². The van der Waals surface area contributed by atoms with Gasteiger partial charge < -0.3 is 14.2 Å². The monoisotopic (exact) mass is 999 g/mol. The van der Waals surface area contributed by atoms with Gasteiger partial charge in [0.25, 0.3) is 0 Å². The van der Waals surface area contributed by atoms with E-state index in [0.717, 1.165) is 122 Å². The minimum atomic E-state index is -0.783. The van der Waals surface area contributed by atoms with E-state index in [1.54, 1.807) is 0 Å². The molecule has 0 spiro atoms.